The topological polar surface area (TPSA) is 89.9 Å². The van der Waals surface area contributed by atoms with Gasteiger partial charge in [0.05, 0.1) is 11.3 Å². The number of nitrogens with zero attached hydrogens (tertiary/aromatic N) is 1. The van der Waals surface area contributed by atoms with Gasteiger partial charge in [-0.15, -0.1) is 0 Å². The van der Waals surface area contributed by atoms with Crippen LogP contribution in [0.5, 0.6) is 5.75 Å². The molecule has 1 unspecified atom stereocenters. The number of aromatic hydroxyl groups is 1. The minimum absolute atomic E-state index is 0.0223. The summed E-state index contributed by atoms with van der Waals surface area (Å²) in [6, 6.07) is 3.59. The van der Waals surface area contributed by atoms with Crippen LogP contribution in [0.1, 0.15) is 23.7 Å². The largest absolute Gasteiger partial charge is 0.506 e. The Morgan fingerprint density at radius 1 is 1.48 bits per heavy atom. The van der Waals surface area contributed by atoms with Gasteiger partial charge in [0, 0.05) is 24.1 Å². The number of amides is 2. The lowest BCUT2D eigenvalue weighted by molar-refractivity contribution is 0.0696. The number of rotatable bonds is 3. The molecule has 1 atom stereocenters. The summed E-state index contributed by atoms with van der Waals surface area (Å²) in [7, 11) is 0. The zero-order valence-electron chi connectivity index (χ0n) is 11.7. The standard InChI is InChI=1S/C14H18N2O4S/c1-2-10-8-16(5-6-21-10)14(20)15-11-4-3-9(13(18)19)7-12(11)17/h3-4,7,10,17H,2,5-6,8H2,1H3,(H,15,20)(H,18,19). The van der Waals surface area contributed by atoms with Crippen LogP contribution in [0.2, 0.25) is 0 Å². The molecule has 1 aromatic carbocycles. The molecule has 0 aromatic heterocycles. The van der Waals surface area contributed by atoms with E-state index in [1.54, 1.807) is 4.90 Å². The Balaban J connectivity index is 2.04. The molecule has 0 radical (unpaired) electrons. The van der Waals surface area contributed by atoms with Gasteiger partial charge in [-0.05, 0) is 24.6 Å². The number of carboxylic acid groups (broad SMARTS) is 1. The molecule has 6 nitrogen and oxygen atoms in total. The second-order valence-electron chi connectivity index (χ2n) is 4.81. The monoisotopic (exact) mass is 310 g/mol. The molecule has 0 bridgehead atoms. The first-order valence-corrected chi connectivity index (χ1v) is 7.80. The predicted molar refractivity (Wildman–Crippen MR) is 82.2 cm³/mol. The van der Waals surface area contributed by atoms with Crippen LogP contribution in [0.4, 0.5) is 10.5 Å². The normalized spacial score (nSPS) is 18.3. The van der Waals surface area contributed by atoms with Crippen molar-refractivity contribution in [2.75, 3.05) is 24.2 Å². The number of benzene rings is 1. The van der Waals surface area contributed by atoms with E-state index < -0.39 is 5.97 Å². The second kappa shape index (κ2) is 6.71. The third-order valence-corrected chi connectivity index (χ3v) is 4.74. The molecular weight excluding hydrogens is 292 g/mol. The highest BCUT2D eigenvalue weighted by molar-refractivity contribution is 8.00. The van der Waals surface area contributed by atoms with E-state index in [0.717, 1.165) is 18.2 Å². The van der Waals surface area contributed by atoms with Crippen LogP contribution >= 0.6 is 11.8 Å². The van der Waals surface area contributed by atoms with Gasteiger partial charge >= 0.3 is 12.0 Å². The van der Waals surface area contributed by atoms with E-state index in [1.165, 1.54) is 12.1 Å². The van der Waals surface area contributed by atoms with E-state index >= 15 is 0 Å². The molecule has 7 heteroatoms. The van der Waals surface area contributed by atoms with Crippen molar-refractivity contribution < 1.29 is 19.8 Å². The van der Waals surface area contributed by atoms with Crippen molar-refractivity contribution in [1.82, 2.24) is 4.90 Å². The van der Waals surface area contributed by atoms with Gasteiger partial charge in [0.15, 0.2) is 0 Å². The third-order valence-electron chi connectivity index (χ3n) is 3.37. The predicted octanol–water partition coefficient (Wildman–Crippen LogP) is 2.45. The number of anilines is 1. The van der Waals surface area contributed by atoms with Crippen molar-refractivity contribution in [1.29, 1.82) is 0 Å². The summed E-state index contributed by atoms with van der Waals surface area (Å²) in [6.07, 6.45) is 1.01. The molecule has 21 heavy (non-hydrogen) atoms. The second-order valence-corrected chi connectivity index (χ2v) is 6.22. The minimum atomic E-state index is -1.12. The summed E-state index contributed by atoms with van der Waals surface area (Å²) >= 11 is 1.86. The van der Waals surface area contributed by atoms with Crippen LogP contribution in [0, 0.1) is 0 Å². The van der Waals surface area contributed by atoms with Crippen molar-refractivity contribution in [2.45, 2.75) is 18.6 Å². The lowest BCUT2D eigenvalue weighted by atomic mass is 10.2. The van der Waals surface area contributed by atoms with Gasteiger partial charge in [-0.3, -0.25) is 0 Å². The fraction of sp³-hybridized carbons (Fsp3) is 0.429. The van der Waals surface area contributed by atoms with Gasteiger partial charge in [0.25, 0.3) is 0 Å². The maximum atomic E-state index is 12.2. The number of carbonyl (C=O) groups is 2. The number of hydrogen-bond donors (Lipinski definition) is 3. The molecule has 114 valence electrons. The first kappa shape index (κ1) is 15.5. The number of carbonyl (C=O) groups excluding carboxylic acids is 1. The highest BCUT2D eigenvalue weighted by atomic mass is 32.2. The van der Waals surface area contributed by atoms with E-state index in [0.29, 0.717) is 18.3 Å². The lowest BCUT2D eigenvalue weighted by Crippen LogP contribution is -2.43. The Morgan fingerprint density at radius 2 is 2.24 bits per heavy atom. The van der Waals surface area contributed by atoms with Crippen LogP contribution in [0.25, 0.3) is 0 Å². The average molecular weight is 310 g/mol. The molecule has 1 saturated heterocycles. The van der Waals surface area contributed by atoms with E-state index in [4.69, 9.17) is 5.11 Å². The number of carboxylic acids is 1. The maximum absolute atomic E-state index is 12.2. The summed E-state index contributed by atoms with van der Waals surface area (Å²) < 4.78 is 0. The summed E-state index contributed by atoms with van der Waals surface area (Å²) in [4.78, 5) is 24.7. The number of hydrogen-bond acceptors (Lipinski definition) is 4. The smallest absolute Gasteiger partial charge is 0.335 e. The van der Waals surface area contributed by atoms with Gasteiger partial charge in [-0.25, -0.2) is 9.59 Å². The molecule has 0 saturated carbocycles. The quantitative estimate of drug-likeness (QED) is 0.746. The molecular formula is C14H18N2O4S. The minimum Gasteiger partial charge on any atom is -0.506 e. The van der Waals surface area contributed by atoms with E-state index in [2.05, 4.69) is 12.2 Å². The molecule has 1 aromatic rings. The molecule has 1 fully saturated rings. The van der Waals surface area contributed by atoms with E-state index in [1.807, 2.05) is 11.8 Å². The Labute approximate surface area is 127 Å². The Hall–Kier alpha value is -1.89. The highest BCUT2D eigenvalue weighted by Crippen LogP contribution is 2.26. The van der Waals surface area contributed by atoms with Crippen molar-refractivity contribution >= 4 is 29.4 Å². The number of nitrogens with one attached hydrogen (secondary N) is 1. The van der Waals surface area contributed by atoms with Crippen molar-refractivity contribution in [3.05, 3.63) is 23.8 Å². The first-order valence-electron chi connectivity index (χ1n) is 6.75. The molecule has 2 amide bonds. The summed E-state index contributed by atoms with van der Waals surface area (Å²) in [5, 5.41) is 21.7. The third kappa shape index (κ3) is 3.81. The molecule has 1 heterocycles. The highest BCUT2D eigenvalue weighted by Gasteiger charge is 2.23. The first-order chi connectivity index (χ1) is 10.0. The number of phenols is 1. The molecule has 0 aliphatic carbocycles. The van der Waals surface area contributed by atoms with E-state index in [-0.39, 0.29) is 23.0 Å². The fourth-order valence-corrected chi connectivity index (χ4v) is 3.30. The van der Waals surface area contributed by atoms with Crippen molar-refractivity contribution in [3.63, 3.8) is 0 Å². The maximum Gasteiger partial charge on any atom is 0.335 e. The Kier molecular flexibility index (Phi) is 4.95. The molecule has 3 N–H and O–H groups in total. The van der Waals surface area contributed by atoms with Gasteiger partial charge < -0.3 is 20.4 Å². The fourth-order valence-electron chi connectivity index (χ4n) is 2.12. The summed E-state index contributed by atoms with van der Waals surface area (Å²) in [6.45, 7) is 3.44. The van der Waals surface area contributed by atoms with Crippen LogP contribution in [0.3, 0.4) is 0 Å². The number of urea groups is 1. The lowest BCUT2D eigenvalue weighted by Gasteiger charge is -2.32. The van der Waals surface area contributed by atoms with Gasteiger partial charge in [0.1, 0.15) is 5.75 Å². The number of phenolic OH excluding ortho intramolecular Hbond substituents is 1. The molecule has 0 spiro atoms. The SMILES string of the molecule is CCC1CN(C(=O)Nc2ccc(C(=O)O)cc2O)CCS1. The summed E-state index contributed by atoms with van der Waals surface area (Å²) in [5.74, 6) is -0.473. The van der Waals surface area contributed by atoms with Gasteiger partial charge in [-0.2, -0.15) is 11.8 Å². The summed E-state index contributed by atoms with van der Waals surface area (Å²) in [5.41, 5.74) is 0.196. The van der Waals surface area contributed by atoms with Crippen molar-refractivity contribution in [2.24, 2.45) is 0 Å². The van der Waals surface area contributed by atoms with Gasteiger partial charge in [0.2, 0.25) is 0 Å². The van der Waals surface area contributed by atoms with Gasteiger partial charge in [-0.1, -0.05) is 6.92 Å². The van der Waals surface area contributed by atoms with E-state index in [9.17, 15) is 14.7 Å². The molecule has 2 rings (SSSR count). The molecule has 1 aliphatic heterocycles. The van der Waals surface area contributed by atoms with Crippen LogP contribution in [-0.4, -0.2) is 51.2 Å². The number of aromatic carboxylic acids is 1. The van der Waals surface area contributed by atoms with Crippen LogP contribution in [-0.2, 0) is 0 Å². The Morgan fingerprint density at radius 3 is 2.86 bits per heavy atom. The molecule has 1 aliphatic rings. The van der Waals surface area contributed by atoms with Crippen molar-refractivity contribution in [3.8, 4) is 5.75 Å². The Bertz CT molecular complexity index is 550. The zero-order chi connectivity index (χ0) is 15.4. The zero-order valence-corrected chi connectivity index (χ0v) is 12.5. The number of thioether (sulfide) groups is 1. The van der Waals surface area contributed by atoms with Crippen LogP contribution < -0.4 is 5.32 Å². The average Bonchev–Trinajstić information content (AvgIpc) is 2.49. The van der Waals surface area contributed by atoms with Crippen LogP contribution in [0.15, 0.2) is 18.2 Å².